The number of amides is 1. The number of carbonyl (C=O) groups excluding carboxylic acids is 1. The highest BCUT2D eigenvalue weighted by atomic mass is 16.6. The van der Waals surface area contributed by atoms with Gasteiger partial charge in [-0.05, 0) is 34.9 Å². The zero-order valence-electron chi connectivity index (χ0n) is 11.1. The molecule has 0 bridgehead atoms. The monoisotopic (exact) mass is 232 g/mol. The van der Waals surface area contributed by atoms with Gasteiger partial charge in [-0.15, -0.1) is 0 Å². The average molecular weight is 232 g/mol. The van der Waals surface area contributed by atoms with E-state index in [0.29, 0.717) is 6.54 Å². The summed E-state index contributed by atoms with van der Waals surface area (Å²) in [6, 6.07) is 0. The minimum atomic E-state index is -0.562. The van der Waals surface area contributed by atoms with Crippen LogP contribution in [0.3, 0.4) is 0 Å². The van der Waals surface area contributed by atoms with E-state index in [1.807, 2.05) is 39.8 Å². The van der Waals surface area contributed by atoms with Crippen molar-refractivity contribution in [2.24, 2.45) is 0 Å². The lowest BCUT2D eigenvalue weighted by Gasteiger charge is -2.26. The minimum absolute atomic E-state index is 0.271. The van der Waals surface area contributed by atoms with Gasteiger partial charge < -0.3 is 19.6 Å². The Balaban J connectivity index is 4.05. The van der Waals surface area contributed by atoms with Crippen LogP contribution in [-0.2, 0) is 4.74 Å². The summed E-state index contributed by atoms with van der Waals surface area (Å²) in [5, 5.41) is 9.65. The van der Waals surface area contributed by atoms with E-state index < -0.39 is 17.8 Å². The molecule has 0 spiro atoms. The van der Waals surface area contributed by atoms with Crippen LogP contribution in [0.1, 0.15) is 20.8 Å². The Morgan fingerprint density at radius 2 is 1.75 bits per heavy atom. The molecular weight excluding hydrogens is 208 g/mol. The minimum Gasteiger partial charge on any atom is -0.444 e. The largest absolute Gasteiger partial charge is 0.444 e. The summed E-state index contributed by atoms with van der Waals surface area (Å²) in [5.74, 6) is 0. The van der Waals surface area contributed by atoms with E-state index in [1.54, 1.807) is 7.05 Å². The highest BCUT2D eigenvalue weighted by Crippen LogP contribution is 2.09. The Kier molecular flexibility index (Phi) is 5.75. The molecule has 1 N–H and O–H groups in total. The summed E-state index contributed by atoms with van der Waals surface area (Å²) in [5.41, 5.74) is -0.502. The molecule has 0 heterocycles. The summed E-state index contributed by atoms with van der Waals surface area (Å²) < 4.78 is 5.17. The predicted molar refractivity (Wildman–Crippen MR) is 63.4 cm³/mol. The lowest BCUT2D eigenvalue weighted by molar-refractivity contribution is 0.0183. The third kappa shape index (κ3) is 7.48. The van der Waals surface area contributed by atoms with Crippen molar-refractivity contribution >= 4 is 6.09 Å². The average Bonchev–Trinajstić information content (AvgIpc) is 1.98. The van der Waals surface area contributed by atoms with Crippen molar-refractivity contribution < 1.29 is 14.6 Å². The highest BCUT2D eigenvalue weighted by Gasteiger charge is 2.21. The van der Waals surface area contributed by atoms with Gasteiger partial charge in [0.15, 0.2) is 0 Å². The molecule has 5 nitrogen and oxygen atoms in total. The highest BCUT2D eigenvalue weighted by molar-refractivity contribution is 5.67. The maximum atomic E-state index is 11.6. The fourth-order valence-electron chi connectivity index (χ4n) is 1.21. The van der Waals surface area contributed by atoms with E-state index in [4.69, 9.17) is 4.74 Å². The van der Waals surface area contributed by atoms with Crippen molar-refractivity contribution in [3.63, 3.8) is 0 Å². The number of aliphatic hydroxyl groups is 1. The fraction of sp³-hybridized carbons (Fsp3) is 0.909. The number of likely N-dealkylation sites (N-methyl/N-ethyl adjacent to an activating group) is 2. The Morgan fingerprint density at radius 3 is 2.12 bits per heavy atom. The molecule has 0 radical (unpaired) electrons. The fourth-order valence-corrected chi connectivity index (χ4v) is 1.21. The number of hydrogen-bond donors (Lipinski definition) is 1. The van der Waals surface area contributed by atoms with Crippen LogP contribution in [0.15, 0.2) is 0 Å². The second-order valence-corrected chi connectivity index (χ2v) is 5.28. The van der Waals surface area contributed by atoms with Gasteiger partial charge in [-0.1, -0.05) is 0 Å². The molecule has 1 amide bonds. The molecule has 0 rings (SSSR count). The zero-order chi connectivity index (χ0) is 12.9. The van der Waals surface area contributed by atoms with Gasteiger partial charge in [0.25, 0.3) is 0 Å². The summed E-state index contributed by atoms with van der Waals surface area (Å²) >= 11 is 0. The van der Waals surface area contributed by atoms with Gasteiger partial charge in [-0.2, -0.15) is 0 Å². The van der Waals surface area contributed by atoms with E-state index in [9.17, 15) is 9.90 Å². The SMILES string of the molecule is CN(C)CC(O)CN(C)C(=O)OC(C)(C)C. The molecular formula is C11H24N2O3. The number of ether oxygens (including phenoxy) is 1. The molecule has 0 saturated carbocycles. The van der Waals surface area contributed by atoms with Crippen molar-refractivity contribution in [3.8, 4) is 0 Å². The Hall–Kier alpha value is -0.810. The van der Waals surface area contributed by atoms with Crippen LogP contribution in [0.4, 0.5) is 4.79 Å². The molecule has 0 aromatic rings. The van der Waals surface area contributed by atoms with E-state index in [1.165, 1.54) is 4.90 Å². The number of rotatable bonds is 4. The van der Waals surface area contributed by atoms with Gasteiger partial charge in [0.05, 0.1) is 12.6 Å². The summed E-state index contributed by atoms with van der Waals surface area (Å²) in [6.07, 6.45) is -0.974. The maximum absolute atomic E-state index is 11.6. The molecule has 96 valence electrons. The third-order valence-corrected chi connectivity index (χ3v) is 1.77. The first-order chi connectivity index (χ1) is 7.11. The van der Waals surface area contributed by atoms with Gasteiger partial charge in [0.2, 0.25) is 0 Å². The normalized spacial score (nSPS) is 13.8. The number of nitrogens with zero attached hydrogens (tertiary/aromatic N) is 2. The molecule has 0 fully saturated rings. The zero-order valence-corrected chi connectivity index (χ0v) is 11.1. The van der Waals surface area contributed by atoms with Crippen LogP contribution in [0.5, 0.6) is 0 Å². The van der Waals surface area contributed by atoms with Gasteiger partial charge >= 0.3 is 6.09 Å². The summed E-state index contributed by atoms with van der Waals surface area (Å²) in [7, 11) is 5.36. The van der Waals surface area contributed by atoms with Crippen LogP contribution < -0.4 is 0 Å². The maximum Gasteiger partial charge on any atom is 0.410 e. The van der Waals surface area contributed by atoms with Crippen LogP contribution in [0.25, 0.3) is 0 Å². The van der Waals surface area contributed by atoms with Gasteiger partial charge in [0, 0.05) is 13.6 Å². The van der Waals surface area contributed by atoms with E-state index in [-0.39, 0.29) is 6.54 Å². The standard InChI is InChI=1S/C11H24N2O3/c1-11(2,3)16-10(15)13(6)8-9(14)7-12(4)5/h9,14H,7-8H2,1-6H3. The molecule has 0 aliphatic rings. The quantitative estimate of drug-likeness (QED) is 0.778. The lowest BCUT2D eigenvalue weighted by Crippen LogP contribution is -2.41. The lowest BCUT2D eigenvalue weighted by atomic mass is 10.2. The number of aliphatic hydroxyl groups excluding tert-OH is 1. The molecule has 1 unspecified atom stereocenters. The molecule has 1 atom stereocenters. The molecule has 5 heteroatoms. The number of hydrogen-bond acceptors (Lipinski definition) is 4. The molecule has 0 saturated heterocycles. The Morgan fingerprint density at radius 1 is 1.25 bits per heavy atom. The molecule has 0 aromatic carbocycles. The second kappa shape index (κ2) is 6.06. The van der Waals surface area contributed by atoms with E-state index >= 15 is 0 Å². The van der Waals surface area contributed by atoms with Crippen molar-refractivity contribution in [1.82, 2.24) is 9.80 Å². The van der Waals surface area contributed by atoms with Gasteiger partial charge in [0.1, 0.15) is 5.60 Å². The Bertz CT molecular complexity index is 224. The predicted octanol–water partition coefficient (Wildman–Crippen LogP) is 0.776. The first-order valence-corrected chi connectivity index (χ1v) is 5.38. The molecule has 0 aliphatic carbocycles. The first kappa shape index (κ1) is 15.2. The van der Waals surface area contributed by atoms with Crippen LogP contribution in [-0.4, -0.2) is 66.9 Å². The Labute approximate surface area is 98.0 Å². The van der Waals surface area contributed by atoms with E-state index in [2.05, 4.69) is 0 Å². The van der Waals surface area contributed by atoms with E-state index in [0.717, 1.165) is 0 Å². The molecule has 0 aliphatic heterocycles. The van der Waals surface area contributed by atoms with Crippen LogP contribution in [0.2, 0.25) is 0 Å². The third-order valence-electron chi connectivity index (χ3n) is 1.77. The van der Waals surface area contributed by atoms with Crippen molar-refractivity contribution in [2.45, 2.75) is 32.5 Å². The van der Waals surface area contributed by atoms with Crippen molar-refractivity contribution in [1.29, 1.82) is 0 Å². The van der Waals surface area contributed by atoms with Crippen LogP contribution >= 0.6 is 0 Å². The summed E-state index contributed by atoms with van der Waals surface area (Å²) in [4.78, 5) is 14.8. The van der Waals surface area contributed by atoms with Crippen LogP contribution in [0, 0.1) is 0 Å². The second-order valence-electron chi connectivity index (χ2n) is 5.28. The smallest absolute Gasteiger partial charge is 0.410 e. The number of carbonyl (C=O) groups is 1. The molecule has 16 heavy (non-hydrogen) atoms. The summed E-state index contributed by atoms with van der Waals surface area (Å²) in [6.45, 7) is 6.24. The first-order valence-electron chi connectivity index (χ1n) is 5.38. The van der Waals surface area contributed by atoms with Gasteiger partial charge in [-0.25, -0.2) is 4.79 Å². The topological polar surface area (TPSA) is 53.0 Å². The van der Waals surface area contributed by atoms with Crippen molar-refractivity contribution in [2.75, 3.05) is 34.2 Å². The molecule has 0 aromatic heterocycles. The van der Waals surface area contributed by atoms with Crippen molar-refractivity contribution in [3.05, 3.63) is 0 Å². The van der Waals surface area contributed by atoms with Gasteiger partial charge in [-0.3, -0.25) is 0 Å².